The van der Waals surface area contributed by atoms with E-state index in [1.54, 1.807) is 7.11 Å². The van der Waals surface area contributed by atoms with Gasteiger partial charge in [-0.05, 0) is 37.0 Å². The van der Waals surface area contributed by atoms with Gasteiger partial charge >= 0.3 is 0 Å². The highest BCUT2D eigenvalue weighted by Crippen LogP contribution is 2.17. The lowest BCUT2D eigenvalue weighted by Gasteiger charge is -2.30. The molecule has 0 aliphatic rings. The van der Waals surface area contributed by atoms with E-state index in [1.165, 1.54) is 5.56 Å². The highest BCUT2D eigenvalue weighted by atomic mass is 16.5. The second kappa shape index (κ2) is 10.6. The smallest absolute Gasteiger partial charge is 0.119 e. The Bertz CT molecular complexity index is 436. The summed E-state index contributed by atoms with van der Waals surface area (Å²) in [5, 5.41) is 10.3. The van der Waals surface area contributed by atoms with Crippen LogP contribution in [0.4, 0.5) is 0 Å². The fraction of sp³-hybridized carbons (Fsp3) is 0.684. The Hall–Kier alpha value is -1.10. The van der Waals surface area contributed by atoms with Crippen LogP contribution in [-0.4, -0.2) is 49.0 Å². The van der Waals surface area contributed by atoms with E-state index in [0.717, 1.165) is 18.7 Å². The molecule has 2 atom stereocenters. The number of ether oxygens (including phenoxy) is 2. The summed E-state index contributed by atoms with van der Waals surface area (Å²) in [4.78, 5) is 2.30. The number of aliphatic hydroxyl groups is 1. The Morgan fingerprint density at radius 1 is 1.17 bits per heavy atom. The summed E-state index contributed by atoms with van der Waals surface area (Å²) in [5.41, 5.74) is 1.19. The molecule has 0 aromatic heterocycles. The molecule has 0 radical (unpaired) electrons. The van der Waals surface area contributed by atoms with Gasteiger partial charge in [-0.25, -0.2) is 0 Å². The van der Waals surface area contributed by atoms with Gasteiger partial charge in [0.05, 0.1) is 19.8 Å². The third-order valence-electron chi connectivity index (χ3n) is 3.94. The zero-order chi connectivity index (χ0) is 17.2. The van der Waals surface area contributed by atoms with E-state index in [-0.39, 0.29) is 0 Å². The zero-order valence-electron chi connectivity index (χ0n) is 15.3. The highest BCUT2D eigenvalue weighted by molar-refractivity contribution is 5.28. The van der Waals surface area contributed by atoms with Crippen molar-refractivity contribution in [2.45, 2.75) is 52.8 Å². The topological polar surface area (TPSA) is 41.9 Å². The molecule has 0 aliphatic carbocycles. The third kappa shape index (κ3) is 7.82. The van der Waals surface area contributed by atoms with Crippen LogP contribution in [0.15, 0.2) is 24.3 Å². The highest BCUT2D eigenvalue weighted by Gasteiger charge is 2.17. The largest absolute Gasteiger partial charge is 0.497 e. The normalized spacial score (nSPS) is 14.3. The van der Waals surface area contributed by atoms with Crippen molar-refractivity contribution in [1.29, 1.82) is 0 Å². The Morgan fingerprint density at radius 3 is 2.52 bits per heavy atom. The predicted octanol–water partition coefficient (Wildman–Crippen LogP) is 3.33. The third-order valence-corrected chi connectivity index (χ3v) is 3.94. The van der Waals surface area contributed by atoms with E-state index >= 15 is 0 Å². The SMILES string of the molecule is CC[C@@H](C)N(Cc1cccc(OC)c1)C[C@H](O)COCC(C)C. The van der Waals surface area contributed by atoms with Gasteiger partial charge < -0.3 is 14.6 Å². The van der Waals surface area contributed by atoms with Crippen LogP contribution in [0.5, 0.6) is 5.75 Å². The predicted molar refractivity (Wildman–Crippen MR) is 94.8 cm³/mol. The molecule has 132 valence electrons. The van der Waals surface area contributed by atoms with Gasteiger partial charge in [-0.2, -0.15) is 0 Å². The molecule has 0 spiro atoms. The van der Waals surface area contributed by atoms with Crippen LogP contribution in [0.2, 0.25) is 0 Å². The van der Waals surface area contributed by atoms with E-state index in [9.17, 15) is 5.11 Å². The van der Waals surface area contributed by atoms with Crippen LogP contribution in [0.3, 0.4) is 0 Å². The van der Waals surface area contributed by atoms with Crippen molar-refractivity contribution in [2.75, 3.05) is 26.9 Å². The molecule has 0 fully saturated rings. The van der Waals surface area contributed by atoms with E-state index < -0.39 is 6.10 Å². The number of aliphatic hydroxyl groups excluding tert-OH is 1. The van der Waals surface area contributed by atoms with E-state index in [1.807, 2.05) is 12.1 Å². The van der Waals surface area contributed by atoms with Crippen molar-refractivity contribution in [3.05, 3.63) is 29.8 Å². The molecular weight excluding hydrogens is 290 g/mol. The van der Waals surface area contributed by atoms with Crippen LogP contribution in [0.25, 0.3) is 0 Å². The number of rotatable bonds is 11. The van der Waals surface area contributed by atoms with Gasteiger partial charge in [0.1, 0.15) is 5.75 Å². The summed E-state index contributed by atoms with van der Waals surface area (Å²) < 4.78 is 10.9. The number of methoxy groups -OCH3 is 1. The Morgan fingerprint density at radius 2 is 1.91 bits per heavy atom. The summed E-state index contributed by atoms with van der Waals surface area (Å²) >= 11 is 0. The summed E-state index contributed by atoms with van der Waals surface area (Å²) in [6.07, 6.45) is 0.581. The zero-order valence-corrected chi connectivity index (χ0v) is 15.3. The number of hydrogen-bond acceptors (Lipinski definition) is 4. The van der Waals surface area contributed by atoms with E-state index in [4.69, 9.17) is 9.47 Å². The van der Waals surface area contributed by atoms with Crippen molar-refractivity contribution < 1.29 is 14.6 Å². The van der Waals surface area contributed by atoms with Gasteiger partial charge in [0.2, 0.25) is 0 Å². The molecule has 0 saturated carbocycles. The van der Waals surface area contributed by atoms with Gasteiger partial charge in [-0.3, -0.25) is 4.90 Å². The molecule has 0 saturated heterocycles. The van der Waals surface area contributed by atoms with E-state index in [0.29, 0.717) is 31.7 Å². The molecule has 0 heterocycles. The quantitative estimate of drug-likeness (QED) is 0.678. The molecule has 0 aliphatic heterocycles. The fourth-order valence-electron chi connectivity index (χ4n) is 2.43. The lowest BCUT2D eigenvalue weighted by Crippen LogP contribution is -2.40. The van der Waals surface area contributed by atoms with Gasteiger partial charge in [0.15, 0.2) is 0 Å². The first kappa shape index (κ1) is 19.9. The molecule has 0 bridgehead atoms. The fourth-order valence-corrected chi connectivity index (χ4v) is 2.43. The minimum Gasteiger partial charge on any atom is -0.497 e. The summed E-state index contributed by atoms with van der Waals surface area (Å²) in [7, 11) is 1.68. The number of nitrogens with zero attached hydrogens (tertiary/aromatic N) is 1. The molecule has 4 heteroatoms. The maximum Gasteiger partial charge on any atom is 0.119 e. The molecule has 0 unspecified atom stereocenters. The standard InChI is InChI=1S/C19H33NO3/c1-6-16(4)20(12-18(21)14-23-13-15(2)3)11-17-8-7-9-19(10-17)22-5/h7-10,15-16,18,21H,6,11-14H2,1-5H3/t16-,18+/m1/s1. The lowest BCUT2D eigenvalue weighted by atomic mass is 10.1. The number of benzene rings is 1. The minimum absolute atomic E-state index is 0.392. The van der Waals surface area contributed by atoms with Crippen molar-refractivity contribution in [3.8, 4) is 5.75 Å². The van der Waals surface area contributed by atoms with Crippen LogP contribution < -0.4 is 4.74 Å². The first-order valence-electron chi connectivity index (χ1n) is 8.59. The Labute approximate surface area is 141 Å². The first-order chi connectivity index (χ1) is 11.0. The van der Waals surface area contributed by atoms with Gasteiger partial charge in [-0.15, -0.1) is 0 Å². The van der Waals surface area contributed by atoms with E-state index in [2.05, 4.69) is 44.7 Å². The summed E-state index contributed by atoms with van der Waals surface area (Å²) in [6, 6.07) is 8.51. The van der Waals surface area contributed by atoms with Crippen molar-refractivity contribution in [2.24, 2.45) is 5.92 Å². The first-order valence-corrected chi connectivity index (χ1v) is 8.59. The van der Waals surface area contributed by atoms with Crippen LogP contribution in [0.1, 0.15) is 39.7 Å². The van der Waals surface area contributed by atoms with Crippen LogP contribution >= 0.6 is 0 Å². The van der Waals surface area contributed by atoms with Crippen molar-refractivity contribution in [1.82, 2.24) is 4.90 Å². The van der Waals surface area contributed by atoms with Crippen molar-refractivity contribution >= 4 is 0 Å². The summed E-state index contributed by atoms with van der Waals surface area (Å²) in [5.74, 6) is 1.36. The Kier molecular flexibility index (Phi) is 9.22. The maximum absolute atomic E-state index is 10.3. The Balaban J connectivity index is 2.61. The second-order valence-corrected chi connectivity index (χ2v) is 6.62. The summed E-state index contributed by atoms with van der Waals surface area (Å²) in [6.45, 7) is 11.1. The second-order valence-electron chi connectivity index (χ2n) is 6.62. The monoisotopic (exact) mass is 323 g/mol. The molecule has 0 amide bonds. The number of hydrogen-bond donors (Lipinski definition) is 1. The molecule has 1 rings (SSSR count). The molecule has 1 N–H and O–H groups in total. The van der Waals surface area contributed by atoms with Gasteiger partial charge in [0, 0.05) is 25.7 Å². The maximum atomic E-state index is 10.3. The van der Waals surface area contributed by atoms with Gasteiger partial charge in [-0.1, -0.05) is 32.9 Å². The average Bonchev–Trinajstić information content (AvgIpc) is 2.53. The molecule has 1 aromatic rings. The molecule has 1 aromatic carbocycles. The average molecular weight is 323 g/mol. The van der Waals surface area contributed by atoms with Crippen LogP contribution in [-0.2, 0) is 11.3 Å². The molecular formula is C19H33NO3. The van der Waals surface area contributed by atoms with Gasteiger partial charge in [0.25, 0.3) is 0 Å². The van der Waals surface area contributed by atoms with Crippen LogP contribution in [0, 0.1) is 5.92 Å². The molecule has 23 heavy (non-hydrogen) atoms. The minimum atomic E-state index is -0.464. The van der Waals surface area contributed by atoms with Crippen molar-refractivity contribution in [3.63, 3.8) is 0 Å². The molecule has 4 nitrogen and oxygen atoms in total. The lowest BCUT2D eigenvalue weighted by molar-refractivity contribution is 0.000115.